The largest absolute Gasteiger partial charge is 0.476 e. The van der Waals surface area contributed by atoms with Gasteiger partial charge in [0.05, 0.1) is 34.3 Å². The Balaban J connectivity index is 1.62. The second kappa shape index (κ2) is 9.74. The van der Waals surface area contributed by atoms with Crippen LogP contribution in [0.15, 0.2) is 77.7 Å². The highest BCUT2D eigenvalue weighted by Crippen LogP contribution is 2.37. The minimum atomic E-state index is -3.95. The number of fused-ring (bicyclic) bond motifs is 1. The van der Waals surface area contributed by atoms with Crippen LogP contribution in [0, 0.1) is 0 Å². The van der Waals surface area contributed by atoms with Gasteiger partial charge >= 0.3 is 5.97 Å². The van der Waals surface area contributed by atoms with Crippen LogP contribution in [0.2, 0.25) is 5.02 Å². The number of sulfonamides is 1. The number of carbonyl (C=O) groups excluding carboxylic acids is 2. The molecule has 176 valence electrons. The van der Waals surface area contributed by atoms with E-state index in [1.54, 1.807) is 49.4 Å². The molecular formula is C24H21ClN2O6S. The lowest BCUT2D eigenvalue weighted by Crippen LogP contribution is -2.48. The lowest BCUT2D eigenvalue weighted by molar-refractivity contribution is -0.122. The molecule has 0 aliphatic carbocycles. The maximum Gasteiger partial charge on any atom is 0.339 e. The van der Waals surface area contributed by atoms with E-state index in [1.807, 2.05) is 0 Å². The minimum absolute atomic E-state index is 0.0997. The summed E-state index contributed by atoms with van der Waals surface area (Å²) >= 11 is 6.08. The van der Waals surface area contributed by atoms with E-state index in [4.69, 9.17) is 21.1 Å². The van der Waals surface area contributed by atoms with Gasteiger partial charge in [-0.05, 0) is 49.4 Å². The van der Waals surface area contributed by atoms with Crippen molar-refractivity contribution >= 4 is 44.9 Å². The van der Waals surface area contributed by atoms with Crippen LogP contribution in [0.3, 0.4) is 0 Å². The average molecular weight is 501 g/mol. The number of nitrogens with one attached hydrogen (secondary N) is 1. The molecule has 0 bridgehead atoms. The highest BCUT2D eigenvalue weighted by Gasteiger charge is 2.37. The maximum absolute atomic E-state index is 13.4. The Morgan fingerprint density at radius 3 is 2.53 bits per heavy atom. The molecule has 0 radical (unpaired) electrons. The van der Waals surface area contributed by atoms with Crippen LogP contribution >= 0.6 is 11.6 Å². The van der Waals surface area contributed by atoms with Gasteiger partial charge in [-0.15, -0.1) is 0 Å². The third kappa shape index (κ3) is 4.71. The Hall–Kier alpha value is -3.56. The van der Waals surface area contributed by atoms with Crippen molar-refractivity contribution in [3.8, 4) is 5.75 Å². The number of esters is 1. The molecule has 0 saturated heterocycles. The molecule has 1 aliphatic rings. The Bertz CT molecular complexity index is 1330. The summed E-state index contributed by atoms with van der Waals surface area (Å²) in [6.45, 7) is 1.61. The fourth-order valence-corrected chi connectivity index (χ4v) is 5.17. The SMILES string of the molecule is CCOC(=O)c1cc(NC(=O)[C@@H]2CN(S(=O)(=O)c3ccccc3)c3ccccc3O2)ccc1Cl. The first-order chi connectivity index (χ1) is 16.3. The number of amides is 1. The third-order valence-corrected chi connectivity index (χ3v) is 7.21. The van der Waals surface area contributed by atoms with Gasteiger partial charge in [0, 0.05) is 5.69 Å². The molecule has 1 aliphatic heterocycles. The molecule has 4 rings (SSSR count). The van der Waals surface area contributed by atoms with Gasteiger partial charge < -0.3 is 14.8 Å². The molecule has 0 fully saturated rings. The van der Waals surface area contributed by atoms with Crippen LogP contribution in [-0.2, 0) is 19.6 Å². The summed E-state index contributed by atoms with van der Waals surface area (Å²) in [7, 11) is -3.95. The molecule has 1 atom stereocenters. The van der Waals surface area contributed by atoms with Gasteiger partial charge in [0.2, 0.25) is 0 Å². The summed E-state index contributed by atoms with van der Waals surface area (Å²) in [6.07, 6.45) is -1.14. The Labute approximate surface area is 202 Å². The topological polar surface area (TPSA) is 102 Å². The van der Waals surface area contributed by atoms with E-state index in [-0.39, 0.29) is 40.1 Å². The Morgan fingerprint density at radius 2 is 1.79 bits per heavy atom. The van der Waals surface area contributed by atoms with E-state index in [0.29, 0.717) is 5.69 Å². The summed E-state index contributed by atoms with van der Waals surface area (Å²) in [5, 5.41) is 2.85. The second-order valence-corrected chi connectivity index (χ2v) is 9.60. The summed E-state index contributed by atoms with van der Waals surface area (Å²) in [6, 6.07) is 19.0. The van der Waals surface area contributed by atoms with Crippen molar-refractivity contribution in [2.24, 2.45) is 0 Å². The summed E-state index contributed by atoms with van der Waals surface area (Å²) < 4.78 is 38.7. The molecular weight excluding hydrogens is 480 g/mol. The fraction of sp³-hybridized carbons (Fsp3) is 0.167. The van der Waals surface area contributed by atoms with Gasteiger partial charge in [0.25, 0.3) is 15.9 Å². The van der Waals surface area contributed by atoms with Crippen LogP contribution in [0.25, 0.3) is 0 Å². The zero-order chi connectivity index (χ0) is 24.3. The highest BCUT2D eigenvalue weighted by molar-refractivity contribution is 7.92. The number of halogens is 1. The predicted octanol–water partition coefficient (Wildman–Crippen LogP) is 4.11. The van der Waals surface area contributed by atoms with Crippen molar-refractivity contribution in [1.29, 1.82) is 0 Å². The van der Waals surface area contributed by atoms with Gasteiger partial charge in [-0.25, -0.2) is 13.2 Å². The molecule has 8 nitrogen and oxygen atoms in total. The standard InChI is InChI=1S/C24H21ClN2O6S/c1-2-32-24(29)18-14-16(12-13-19(18)25)26-23(28)22-15-27(20-10-6-7-11-21(20)33-22)34(30,31)17-8-4-3-5-9-17/h3-14,22H,2,15H2,1H3,(H,26,28)/t22-/m0/s1. The van der Waals surface area contributed by atoms with Gasteiger partial charge in [-0.2, -0.15) is 0 Å². The van der Waals surface area contributed by atoms with Gasteiger partial charge in [0.15, 0.2) is 6.10 Å². The first kappa shape index (κ1) is 23.6. The zero-order valence-electron chi connectivity index (χ0n) is 18.1. The predicted molar refractivity (Wildman–Crippen MR) is 128 cm³/mol. The number of carbonyl (C=O) groups is 2. The normalized spacial score (nSPS) is 15.1. The van der Waals surface area contributed by atoms with Crippen LogP contribution in [0.5, 0.6) is 5.75 Å². The Kier molecular flexibility index (Phi) is 6.76. The van der Waals surface area contributed by atoms with Crippen molar-refractivity contribution in [3.63, 3.8) is 0 Å². The first-order valence-corrected chi connectivity index (χ1v) is 12.2. The zero-order valence-corrected chi connectivity index (χ0v) is 19.7. The smallest absolute Gasteiger partial charge is 0.339 e. The van der Waals surface area contributed by atoms with E-state index in [1.165, 1.54) is 30.3 Å². The number of anilines is 2. The van der Waals surface area contributed by atoms with E-state index in [2.05, 4.69) is 5.32 Å². The van der Waals surface area contributed by atoms with Crippen LogP contribution in [0.1, 0.15) is 17.3 Å². The van der Waals surface area contributed by atoms with Gasteiger partial charge in [-0.3, -0.25) is 9.10 Å². The molecule has 0 aromatic heterocycles. The number of ether oxygens (including phenoxy) is 2. The summed E-state index contributed by atoms with van der Waals surface area (Å²) in [4.78, 5) is 25.3. The number of nitrogens with zero attached hydrogens (tertiary/aromatic N) is 1. The van der Waals surface area contributed by atoms with Crippen LogP contribution in [-0.4, -0.2) is 39.5 Å². The fourth-order valence-electron chi connectivity index (χ4n) is 3.48. The molecule has 34 heavy (non-hydrogen) atoms. The molecule has 3 aromatic rings. The lowest BCUT2D eigenvalue weighted by Gasteiger charge is -2.34. The average Bonchev–Trinajstić information content (AvgIpc) is 2.85. The molecule has 1 amide bonds. The summed E-state index contributed by atoms with van der Waals surface area (Å²) in [5.74, 6) is -0.941. The minimum Gasteiger partial charge on any atom is -0.476 e. The first-order valence-electron chi connectivity index (χ1n) is 10.4. The third-order valence-electron chi connectivity index (χ3n) is 5.09. The molecule has 0 saturated carbocycles. The van der Waals surface area contributed by atoms with Crippen LogP contribution < -0.4 is 14.4 Å². The van der Waals surface area contributed by atoms with Crippen molar-refractivity contribution in [2.75, 3.05) is 22.8 Å². The van der Waals surface area contributed by atoms with Crippen molar-refractivity contribution in [1.82, 2.24) is 0 Å². The van der Waals surface area contributed by atoms with Crippen molar-refractivity contribution in [2.45, 2.75) is 17.9 Å². The molecule has 0 unspecified atom stereocenters. The number of rotatable bonds is 6. The number of para-hydroxylation sites is 2. The number of benzene rings is 3. The van der Waals surface area contributed by atoms with Gasteiger partial charge in [-0.1, -0.05) is 41.9 Å². The van der Waals surface area contributed by atoms with E-state index in [9.17, 15) is 18.0 Å². The Morgan fingerprint density at radius 1 is 1.09 bits per heavy atom. The maximum atomic E-state index is 13.4. The quantitative estimate of drug-likeness (QED) is 0.511. The van der Waals surface area contributed by atoms with Crippen molar-refractivity contribution < 1.29 is 27.5 Å². The molecule has 10 heteroatoms. The van der Waals surface area contributed by atoms with Gasteiger partial charge in [0.1, 0.15) is 5.75 Å². The number of hydrogen-bond acceptors (Lipinski definition) is 6. The monoisotopic (exact) mass is 500 g/mol. The van der Waals surface area contributed by atoms with E-state index in [0.717, 1.165) is 4.31 Å². The van der Waals surface area contributed by atoms with Crippen LogP contribution in [0.4, 0.5) is 11.4 Å². The molecule has 3 aromatic carbocycles. The highest BCUT2D eigenvalue weighted by atomic mass is 35.5. The number of hydrogen-bond donors (Lipinski definition) is 1. The lowest BCUT2D eigenvalue weighted by atomic mass is 10.2. The van der Waals surface area contributed by atoms with Crippen molar-refractivity contribution in [3.05, 3.63) is 83.4 Å². The molecule has 1 N–H and O–H groups in total. The van der Waals surface area contributed by atoms with E-state index >= 15 is 0 Å². The molecule has 0 spiro atoms. The molecule has 1 heterocycles. The second-order valence-electron chi connectivity index (χ2n) is 7.33. The van der Waals surface area contributed by atoms with E-state index < -0.39 is 28.0 Å². The summed E-state index contributed by atoms with van der Waals surface area (Å²) in [5.41, 5.74) is 0.730.